The molecule has 1 aliphatic rings. The highest BCUT2D eigenvalue weighted by Crippen LogP contribution is 2.03. The van der Waals surface area contributed by atoms with E-state index in [-0.39, 0.29) is 11.8 Å². The van der Waals surface area contributed by atoms with Gasteiger partial charge in [-0.15, -0.1) is 0 Å². The summed E-state index contributed by atoms with van der Waals surface area (Å²) in [7, 11) is 4.01. The van der Waals surface area contributed by atoms with Crippen LogP contribution in [-0.2, 0) is 4.79 Å². The van der Waals surface area contributed by atoms with Crippen LogP contribution in [0.3, 0.4) is 0 Å². The van der Waals surface area contributed by atoms with E-state index in [1.54, 1.807) is 0 Å². The highest BCUT2D eigenvalue weighted by Gasteiger charge is 2.20. The fraction of sp³-hybridized carbons (Fsp3) is 0.833. The predicted molar refractivity (Wildman–Crippen MR) is 77.5 cm³/mol. The molecule has 6 heteroatoms. The maximum atomic E-state index is 12.1. The van der Waals surface area contributed by atoms with Crippen molar-refractivity contribution in [1.29, 1.82) is 0 Å². The van der Waals surface area contributed by atoms with Crippen LogP contribution in [0.25, 0.3) is 0 Å². The minimum Gasteiger partial charge on any atom is -0.393 e. The van der Waals surface area contributed by atoms with E-state index in [9.17, 15) is 4.79 Å². The Kier molecular flexibility index (Phi) is 5.98. The molecule has 0 saturated carbocycles. The van der Waals surface area contributed by atoms with Crippen LogP contribution in [-0.4, -0.2) is 79.0 Å². The molecule has 0 aromatic carbocycles. The van der Waals surface area contributed by atoms with E-state index in [1.807, 2.05) is 23.8 Å². The monoisotopic (exact) mass is 272 g/mol. The number of carbonyl (C=O) groups is 1. The van der Waals surface area contributed by atoms with Gasteiger partial charge in [-0.2, -0.15) is 0 Å². The quantitative estimate of drug-likeness (QED) is 0.691. The van der Waals surface area contributed by atoms with Crippen LogP contribution in [0.15, 0.2) is 0 Å². The van der Waals surface area contributed by atoms with Crippen molar-refractivity contribution in [2.45, 2.75) is 6.92 Å². The van der Waals surface area contributed by atoms with Crippen molar-refractivity contribution in [2.75, 3.05) is 53.4 Å². The van der Waals surface area contributed by atoms with Crippen LogP contribution in [0.4, 0.5) is 0 Å². The molecule has 1 heterocycles. The SMILES string of the molecule is CC(CN(C)CC(=O)N1CCN(C)CC1)C(N)=S. The van der Waals surface area contributed by atoms with Gasteiger partial charge < -0.3 is 15.5 Å². The third-order valence-corrected chi connectivity index (χ3v) is 3.73. The van der Waals surface area contributed by atoms with E-state index in [0.717, 1.165) is 32.7 Å². The molecule has 18 heavy (non-hydrogen) atoms. The molecule has 0 aromatic heterocycles. The summed E-state index contributed by atoms with van der Waals surface area (Å²) in [5, 5.41) is 0. The Hall–Kier alpha value is -0.720. The number of nitrogens with zero attached hydrogens (tertiary/aromatic N) is 3. The fourth-order valence-electron chi connectivity index (χ4n) is 2.01. The Morgan fingerprint density at radius 1 is 1.39 bits per heavy atom. The number of thiocarbonyl (C=S) groups is 1. The van der Waals surface area contributed by atoms with Crippen molar-refractivity contribution in [3.63, 3.8) is 0 Å². The molecule has 1 rings (SSSR count). The standard InChI is InChI=1S/C12H24N4OS/c1-10(12(13)18)8-15(3)9-11(17)16-6-4-14(2)5-7-16/h10H,4-9H2,1-3H3,(H2,13,18). The molecule has 0 spiro atoms. The Balaban J connectivity index is 2.33. The summed E-state index contributed by atoms with van der Waals surface area (Å²) in [6, 6.07) is 0. The van der Waals surface area contributed by atoms with Crippen LogP contribution in [0.2, 0.25) is 0 Å². The summed E-state index contributed by atoms with van der Waals surface area (Å²) in [6.45, 7) is 6.73. The lowest BCUT2D eigenvalue weighted by atomic mass is 10.1. The second kappa shape index (κ2) is 7.01. The van der Waals surface area contributed by atoms with Crippen LogP contribution < -0.4 is 5.73 Å². The van der Waals surface area contributed by atoms with Gasteiger partial charge in [-0.25, -0.2) is 0 Å². The number of likely N-dealkylation sites (N-methyl/N-ethyl adjacent to an activating group) is 2. The van der Waals surface area contributed by atoms with Gasteiger partial charge in [-0.3, -0.25) is 9.69 Å². The Morgan fingerprint density at radius 3 is 2.44 bits per heavy atom. The van der Waals surface area contributed by atoms with Gasteiger partial charge in [-0.05, 0) is 14.1 Å². The third kappa shape index (κ3) is 4.88. The minimum atomic E-state index is 0.144. The maximum absolute atomic E-state index is 12.1. The number of carbonyl (C=O) groups excluding carboxylic acids is 1. The summed E-state index contributed by atoms with van der Waals surface area (Å²) >= 11 is 4.94. The molecule has 0 aliphatic carbocycles. The first kappa shape index (κ1) is 15.3. The second-order valence-electron chi connectivity index (χ2n) is 5.18. The number of rotatable bonds is 5. The molecule has 1 aliphatic heterocycles. The minimum absolute atomic E-state index is 0.144. The largest absolute Gasteiger partial charge is 0.393 e. The number of hydrogen-bond acceptors (Lipinski definition) is 4. The van der Waals surface area contributed by atoms with Gasteiger partial charge in [0, 0.05) is 38.6 Å². The molecule has 104 valence electrons. The predicted octanol–water partition coefficient (Wildman–Crippen LogP) is -0.386. The van der Waals surface area contributed by atoms with E-state index in [0.29, 0.717) is 11.5 Å². The molecule has 5 nitrogen and oxygen atoms in total. The molecular weight excluding hydrogens is 248 g/mol. The molecule has 1 amide bonds. The van der Waals surface area contributed by atoms with Crippen molar-refractivity contribution >= 4 is 23.1 Å². The average molecular weight is 272 g/mol. The van der Waals surface area contributed by atoms with Crippen LogP contribution in [0.1, 0.15) is 6.92 Å². The maximum Gasteiger partial charge on any atom is 0.236 e. The van der Waals surface area contributed by atoms with Gasteiger partial charge in [-0.1, -0.05) is 19.1 Å². The van der Waals surface area contributed by atoms with Gasteiger partial charge in [0.1, 0.15) is 0 Å². The van der Waals surface area contributed by atoms with Crippen molar-refractivity contribution in [1.82, 2.24) is 14.7 Å². The lowest BCUT2D eigenvalue weighted by Gasteiger charge is -2.33. The molecule has 2 N–H and O–H groups in total. The zero-order valence-corrected chi connectivity index (χ0v) is 12.4. The highest BCUT2D eigenvalue weighted by atomic mass is 32.1. The molecule has 0 radical (unpaired) electrons. The topological polar surface area (TPSA) is 52.8 Å². The van der Waals surface area contributed by atoms with Crippen molar-refractivity contribution < 1.29 is 4.79 Å². The first-order valence-corrected chi connectivity index (χ1v) is 6.75. The highest BCUT2D eigenvalue weighted by molar-refractivity contribution is 7.80. The Morgan fingerprint density at radius 2 is 1.94 bits per heavy atom. The molecular formula is C12H24N4OS. The Bertz CT molecular complexity index is 302. The first-order valence-electron chi connectivity index (χ1n) is 6.34. The molecule has 0 bridgehead atoms. The van der Waals surface area contributed by atoms with Gasteiger partial charge in [0.05, 0.1) is 11.5 Å². The number of hydrogen-bond donors (Lipinski definition) is 1. The van der Waals surface area contributed by atoms with Crippen molar-refractivity contribution in [3.8, 4) is 0 Å². The van der Waals surface area contributed by atoms with Gasteiger partial charge in [0.2, 0.25) is 5.91 Å². The molecule has 1 atom stereocenters. The summed E-state index contributed by atoms with van der Waals surface area (Å²) in [6.07, 6.45) is 0. The molecule has 1 saturated heterocycles. The summed E-state index contributed by atoms with van der Waals surface area (Å²) in [4.78, 5) is 18.7. The van der Waals surface area contributed by atoms with Gasteiger partial charge in [0.15, 0.2) is 0 Å². The zero-order valence-electron chi connectivity index (χ0n) is 11.6. The summed E-state index contributed by atoms with van der Waals surface area (Å²) in [5.41, 5.74) is 5.58. The lowest BCUT2D eigenvalue weighted by Crippen LogP contribution is -2.50. The average Bonchev–Trinajstić information content (AvgIpc) is 2.29. The van der Waals surface area contributed by atoms with E-state index >= 15 is 0 Å². The number of amides is 1. The third-order valence-electron chi connectivity index (χ3n) is 3.33. The van der Waals surface area contributed by atoms with Crippen LogP contribution in [0.5, 0.6) is 0 Å². The van der Waals surface area contributed by atoms with Crippen molar-refractivity contribution in [3.05, 3.63) is 0 Å². The number of nitrogens with two attached hydrogens (primary N) is 1. The van der Waals surface area contributed by atoms with E-state index in [1.165, 1.54) is 0 Å². The van der Waals surface area contributed by atoms with Crippen molar-refractivity contribution in [2.24, 2.45) is 11.7 Å². The van der Waals surface area contributed by atoms with E-state index < -0.39 is 0 Å². The molecule has 1 fully saturated rings. The van der Waals surface area contributed by atoms with Crippen LogP contribution in [0, 0.1) is 5.92 Å². The Labute approximate surface area is 115 Å². The summed E-state index contributed by atoms with van der Waals surface area (Å²) in [5.74, 6) is 0.339. The smallest absolute Gasteiger partial charge is 0.236 e. The normalized spacial score (nSPS) is 19.0. The second-order valence-corrected chi connectivity index (χ2v) is 5.66. The van der Waals surface area contributed by atoms with E-state index in [2.05, 4.69) is 11.9 Å². The zero-order chi connectivity index (χ0) is 13.7. The lowest BCUT2D eigenvalue weighted by molar-refractivity contribution is -0.133. The summed E-state index contributed by atoms with van der Waals surface area (Å²) < 4.78 is 0. The van der Waals surface area contributed by atoms with E-state index in [4.69, 9.17) is 18.0 Å². The van der Waals surface area contributed by atoms with Gasteiger partial charge >= 0.3 is 0 Å². The molecule has 0 aromatic rings. The molecule has 1 unspecified atom stereocenters. The number of piperazine rings is 1. The fourth-order valence-corrected chi connectivity index (χ4v) is 2.08. The van der Waals surface area contributed by atoms with Gasteiger partial charge in [0.25, 0.3) is 0 Å². The first-order chi connectivity index (χ1) is 8.40. The van der Waals surface area contributed by atoms with Crippen LogP contribution >= 0.6 is 12.2 Å².